The van der Waals surface area contributed by atoms with E-state index in [4.69, 9.17) is 0 Å². The lowest BCUT2D eigenvalue weighted by atomic mass is 10.3. The van der Waals surface area contributed by atoms with Crippen molar-refractivity contribution in [1.29, 1.82) is 0 Å². The number of hydrogen-bond donors (Lipinski definition) is 2. The second-order valence-corrected chi connectivity index (χ2v) is 4.62. The van der Waals surface area contributed by atoms with Crippen molar-refractivity contribution >= 4 is 23.1 Å². The third kappa shape index (κ3) is 3.24. The van der Waals surface area contributed by atoms with Gasteiger partial charge in [0.1, 0.15) is 5.82 Å². The zero-order valence-electron chi connectivity index (χ0n) is 11.9. The van der Waals surface area contributed by atoms with Crippen molar-refractivity contribution in [2.75, 3.05) is 10.6 Å². The molecule has 0 radical (unpaired) electrons. The fraction of sp³-hybridized carbons (Fsp3) is 0. The summed E-state index contributed by atoms with van der Waals surface area (Å²) in [6, 6.07) is 7.64. The molecule has 2 N–H and O–H groups in total. The Morgan fingerprint density at radius 1 is 0.750 bits per heavy atom. The van der Waals surface area contributed by atoms with Crippen LogP contribution in [0.3, 0.4) is 0 Å². The lowest BCUT2D eigenvalue weighted by Crippen LogP contribution is -2.05. The molecule has 3 aromatic rings. The number of halogens is 4. The molecule has 24 heavy (non-hydrogen) atoms. The van der Waals surface area contributed by atoms with Crippen molar-refractivity contribution in [3.05, 3.63) is 65.9 Å². The van der Waals surface area contributed by atoms with Crippen molar-refractivity contribution in [3.63, 3.8) is 0 Å². The van der Waals surface area contributed by atoms with Crippen molar-refractivity contribution in [2.45, 2.75) is 0 Å². The molecule has 0 spiro atoms. The molecule has 122 valence electrons. The van der Waals surface area contributed by atoms with Crippen LogP contribution in [0.25, 0.3) is 0 Å². The van der Waals surface area contributed by atoms with Gasteiger partial charge in [0.15, 0.2) is 23.3 Å². The first kappa shape index (κ1) is 15.7. The summed E-state index contributed by atoms with van der Waals surface area (Å²) in [7, 11) is 0. The Hall–Kier alpha value is -3.23. The van der Waals surface area contributed by atoms with Gasteiger partial charge in [0.2, 0.25) is 5.95 Å². The normalized spacial score (nSPS) is 10.5. The second-order valence-electron chi connectivity index (χ2n) is 4.62. The maximum Gasteiger partial charge on any atom is 0.249 e. The summed E-state index contributed by atoms with van der Waals surface area (Å²) < 4.78 is 53.3. The molecule has 0 fully saturated rings. The zero-order chi connectivity index (χ0) is 17.1. The summed E-state index contributed by atoms with van der Waals surface area (Å²) in [4.78, 5) is 3.95. The SMILES string of the molecule is Fc1ccccc1Nc1cnnc(Nc2ccc(F)c(F)c2F)n1. The van der Waals surface area contributed by atoms with Gasteiger partial charge >= 0.3 is 0 Å². The third-order valence-electron chi connectivity index (χ3n) is 2.98. The number of benzene rings is 2. The van der Waals surface area contributed by atoms with Gasteiger partial charge in [-0.15, -0.1) is 5.10 Å². The van der Waals surface area contributed by atoms with Crippen LogP contribution < -0.4 is 10.6 Å². The Labute approximate surface area is 133 Å². The molecule has 0 saturated carbocycles. The van der Waals surface area contributed by atoms with Crippen LogP contribution >= 0.6 is 0 Å². The molecule has 1 aromatic heterocycles. The van der Waals surface area contributed by atoms with E-state index in [2.05, 4.69) is 25.8 Å². The predicted octanol–water partition coefficient (Wildman–Crippen LogP) is 3.92. The van der Waals surface area contributed by atoms with Gasteiger partial charge in [0.25, 0.3) is 0 Å². The van der Waals surface area contributed by atoms with E-state index in [1.165, 1.54) is 24.4 Å². The molecular formula is C15H9F4N5. The van der Waals surface area contributed by atoms with Gasteiger partial charge in [-0.1, -0.05) is 12.1 Å². The average molecular weight is 335 g/mol. The van der Waals surface area contributed by atoms with E-state index in [-0.39, 0.29) is 23.1 Å². The highest BCUT2D eigenvalue weighted by Crippen LogP contribution is 2.23. The van der Waals surface area contributed by atoms with Crippen LogP contribution in [0.4, 0.5) is 40.7 Å². The van der Waals surface area contributed by atoms with Crippen LogP contribution in [0, 0.1) is 23.3 Å². The van der Waals surface area contributed by atoms with Crippen LogP contribution in [0.15, 0.2) is 42.6 Å². The Morgan fingerprint density at radius 3 is 2.33 bits per heavy atom. The number of anilines is 4. The van der Waals surface area contributed by atoms with Gasteiger partial charge in [-0.05, 0) is 24.3 Å². The fourth-order valence-corrected chi connectivity index (χ4v) is 1.86. The van der Waals surface area contributed by atoms with Crippen LogP contribution in [-0.2, 0) is 0 Å². The minimum atomic E-state index is -1.62. The molecule has 9 heteroatoms. The minimum absolute atomic E-state index is 0.126. The average Bonchev–Trinajstić information content (AvgIpc) is 2.58. The van der Waals surface area contributed by atoms with E-state index in [0.717, 1.165) is 12.1 Å². The molecule has 3 rings (SSSR count). The monoisotopic (exact) mass is 335 g/mol. The molecule has 0 amide bonds. The van der Waals surface area contributed by atoms with E-state index >= 15 is 0 Å². The van der Waals surface area contributed by atoms with Gasteiger partial charge < -0.3 is 10.6 Å². The first-order chi connectivity index (χ1) is 11.5. The van der Waals surface area contributed by atoms with E-state index < -0.39 is 23.3 Å². The fourth-order valence-electron chi connectivity index (χ4n) is 1.86. The molecule has 2 aromatic carbocycles. The van der Waals surface area contributed by atoms with Crippen molar-refractivity contribution in [2.24, 2.45) is 0 Å². The Balaban J connectivity index is 1.84. The standard InChI is InChI=1S/C15H9F4N5/c16-8-3-1-2-4-10(8)21-12-7-20-24-15(23-12)22-11-6-5-9(17)13(18)14(11)19/h1-7H,(H2,21,22,23,24). The smallest absolute Gasteiger partial charge is 0.249 e. The Kier molecular flexibility index (Phi) is 4.23. The molecule has 0 atom stereocenters. The summed E-state index contributed by atoms with van der Waals surface area (Å²) in [5.74, 6) is -4.90. The van der Waals surface area contributed by atoms with Gasteiger partial charge in [-0.3, -0.25) is 0 Å². The Bertz CT molecular complexity index is 887. The molecule has 0 bridgehead atoms. The largest absolute Gasteiger partial charge is 0.336 e. The lowest BCUT2D eigenvalue weighted by molar-refractivity contribution is 0.449. The first-order valence-corrected chi connectivity index (χ1v) is 6.66. The Morgan fingerprint density at radius 2 is 1.54 bits per heavy atom. The molecular weight excluding hydrogens is 326 g/mol. The maximum atomic E-state index is 13.6. The van der Waals surface area contributed by atoms with Crippen LogP contribution in [0.1, 0.15) is 0 Å². The molecule has 0 aliphatic rings. The van der Waals surface area contributed by atoms with Crippen LogP contribution in [0.5, 0.6) is 0 Å². The van der Waals surface area contributed by atoms with Crippen molar-refractivity contribution in [1.82, 2.24) is 15.2 Å². The van der Waals surface area contributed by atoms with E-state index in [9.17, 15) is 17.6 Å². The summed E-state index contributed by atoms with van der Waals surface area (Å²) in [5.41, 5.74) is -0.207. The van der Waals surface area contributed by atoms with Crippen LogP contribution in [-0.4, -0.2) is 15.2 Å². The maximum absolute atomic E-state index is 13.6. The number of para-hydroxylation sites is 1. The highest BCUT2D eigenvalue weighted by molar-refractivity contribution is 5.59. The molecule has 0 saturated heterocycles. The molecule has 0 aliphatic carbocycles. The zero-order valence-corrected chi connectivity index (χ0v) is 11.9. The van der Waals surface area contributed by atoms with E-state index in [1.807, 2.05) is 0 Å². The molecule has 0 unspecified atom stereocenters. The summed E-state index contributed by atoms with van der Waals surface area (Å²) >= 11 is 0. The van der Waals surface area contributed by atoms with Crippen molar-refractivity contribution in [3.8, 4) is 0 Å². The quantitative estimate of drug-likeness (QED) is 0.559. The number of hydrogen-bond acceptors (Lipinski definition) is 5. The van der Waals surface area contributed by atoms with Crippen molar-refractivity contribution < 1.29 is 17.6 Å². The molecule has 5 nitrogen and oxygen atoms in total. The number of rotatable bonds is 4. The van der Waals surface area contributed by atoms with E-state index in [0.29, 0.717) is 0 Å². The van der Waals surface area contributed by atoms with Gasteiger partial charge in [0.05, 0.1) is 17.6 Å². The summed E-state index contributed by atoms with van der Waals surface area (Å²) in [6.45, 7) is 0. The van der Waals surface area contributed by atoms with Gasteiger partial charge in [-0.2, -0.15) is 10.1 Å². The van der Waals surface area contributed by atoms with Gasteiger partial charge in [0, 0.05) is 0 Å². The number of nitrogens with one attached hydrogen (secondary N) is 2. The van der Waals surface area contributed by atoms with Gasteiger partial charge in [-0.25, -0.2) is 17.6 Å². The van der Waals surface area contributed by atoms with E-state index in [1.54, 1.807) is 6.07 Å². The predicted molar refractivity (Wildman–Crippen MR) is 79.1 cm³/mol. The number of aromatic nitrogens is 3. The lowest BCUT2D eigenvalue weighted by Gasteiger charge is -2.09. The summed E-state index contributed by atoms with van der Waals surface area (Å²) in [5, 5.41) is 12.3. The highest BCUT2D eigenvalue weighted by atomic mass is 19.2. The first-order valence-electron chi connectivity index (χ1n) is 6.66. The third-order valence-corrected chi connectivity index (χ3v) is 2.98. The second kappa shape index (κ2) is 6.49. The highest BCUT2D eigenvalue weighted by Gasteiger charge is 2.14. The minimum Gasteiger partial charge on any atom is -0.336 e. The van der Waals surface area contributed by atoms with Crippen LogP contribution in [0.2, 0.25) is 0 Å². The summed E-state index contributed by atoms with van der Waals surface area (Å²) in [6.07, 6.45) is 1.22. The molecule has 0 aliphatic heterocycles. The molecule has 1 heterocycles. The number of nitrogens with zero attached hydrogens (tertiary/aromatic N) is 3. The topological polar surface area (TPSA) is 62.7 Å².